The number of benzene rings is 1. The summed E-state index contributed by atoms with van der Waals surface area (Å²) in [6.45, 7) is 8.41. The maximum Gasteiger partial charge on any atom is 0.101 e. The molecule has 0 heterocycles. The van der Waals surface area contributed by atoms with Gasteiger partial charge in [-0.05, 0) is 94.9 Å². The molecule has 0 bridgehead atoms. The third-order valence-corrected chi connectivity index (χ3v) is 8.31. The Morgan fingerprint density at radius 2 is 0.950 bits per heavy atom. The second-order valence-electron chi connectivity index (χ2n) is 13.1. The molecule has 0 saturated carbocycles. The summed E-state index contributed by atoms with van der Waals surface area (Å²) in [4.78, 5) is 0. The Morgan fingerprint density at radius 1 is 0.575 bits per heavy atom. The van der Waals surface area contributed by atoms with Crippen LogP contribution in [0.25, 0.3) is 11.1 Å². The van der Waals surface area contributed by atoms with E-state index in [2.05, 4.69) is 0 Å². The Morgan fingerprint density at radius 3 is 1.30 bits per heavy atom. The molecule has 6 heteroatoms. The van der Waals surface area contributed by atoms with Crippen molar-refractivity contribution in [1.29, 1.82) is 0 Å². The van der Waals surface area contributed by atoms with E-state index in [0.717, 1.165) is 60.8 Å². The molecule has 2 aliphatic rings. The van der Waals surface area contributed by atoms with Crippen LogP contribution in [0.1, 0.15) is 90.2 Å². The lowest BCUT2D eigenvalue weighted by Gasteiger charge is -2.30. The standard InChI is InChI=1S/C34H50O6/c1-33(2,21-35)15-9-7-11-23-17-25(37)19-29(31(23)39)27-13-5-6-14-28(27)30-20-26(38)18-24(32(30)40)12-8-10-16-34(3,4)22-36/h5-6,13-14,17-20,25-26,31-32,35-40H,7-12,15-16,21-22H2,1-4H3. The SMILES string of the molecule is CC(C)(CO)CCCCC1=CC(O)C=C(c2ccccc2C2=CC(O)C=C(CCCCC(C)(C)CO)C2O)C1O. The van der Waals surface area contributed by atoms with E-state index in [1.807, 2.05) is 52.0 Å². The van der Waals surface area contributed by atoms with Crippen LogP contribution in [0, 0.1) is 10.8 Å². The van der Waals surface area contributed by atoms with Gasteiger partial charge in [0, 0.05) is 13.2 Å². The van der Waals surface area contributed by atoms with Crippen molar-refractivity contribution in [3.8, 4) is 0 Å². The number of rotatable bonds is 14. The lowest BCUT2D eigenvalue weighted by atomic mass is 9.79. The molecule has 0 aliphatic heterocycles. The van der Waals surface area contributed by atoms with Gasteiger partial charge in [0.15, 0.2) is 0 Å². The number of aliphatic hydroxyl groups excluding tert-OH is 6. The minimum atomic E-state index is -0.883. The van der Waals surface area contributed by atoms with E-state index >= 15 is 0 Å². The summed E-state index contributed by atoms with van der Waals surface area (Å²) in [5.41, 5.74) is 3.92. The van der Waals surface area contributed by atoms with Crippen LogP contribution in [0.4, 0.5) is 0 Å². The first kappa shape index (κ1) is 32.5. The molecule has 0 radical (unpaired) electrons. The molecule has 0 amide bonds. The van der Waals surface area contributed by atoms with E-state index in [9.17, 15) is 30.6 Å². The van der Waals surface area contributed by atoms with Crippen molar-refractivity contribution in [2.45, 2.75) is 103 Å². The number of unbranched alkanes of at least 4 members (excludes halogenated alkanes) is 2. The summed E-state index contributed by atoms with van der Waals surface area (Å²) in [7, 11) is 0. The Labute approximate surface area is 240 Å². The first-order valence-electron chi connectivity index (χ1n) is 14.8. The summed E-state index contributed by atoms with van der Waals surface area (Å²) in [5, 5.41) is 63.1. The highest BCUT2D eigenvalue weighted by Crippen LogP contribution is 2.39. The fraction of sp³-hybridized carbons (Fsp3) is 0.588. The van der Waals surface area contributed by atoms with Gasteiger partial charge in [0.1, 0.15) is 12.2 Å². The second kappa shape index (κ2) is 14.2. The van der Waals surface area contributed by atoms with Crippen LogP contribution in [0.15, 0.2) is 59.7 Å². The average Bonchev–Trinajstić information content (AvgIpc) is 2.92. The van der Waals surface area contributed by atoms with E-state index in [0.29, 0.717) is 24.0 Å². The van der Waals surface area contributed by atoms with Crippen LogP contribution in [-0.4, -0.2) is 68.3 Å². The fourth-order valence-corrected chi connectivity index (χ4v) is 5.59. The van der Waals surface area contributed by atoms with E-state index < -0.39 is 24.4 Å². The normalized spacial score (nSPS) is 23.9. The Balaban J connectivity index is 1.75. The molecule has 0 spiro atoms. The summed E-state index contributed by atoms with van der Waals surface area (Å²) < 4.78 is 0. The molecule has 4 unspecified atom stereocenters. The van der Waals surface area contributed by atoms with E-state index in [1.54, 1.807) is 24.3 Å². The fourth-order valence-electron chi connectivity index (χ4n) is 5.59. The van der Waals surface area contributed by atoms with E-state index in [-0.39, 0.29) is 24.0 Å². The molecule has 6 N–H and O–H groups in total. The van der Waals surface area contributed by atoms with Gasteiger partial charge in [-0.1, -0.05) is 77.0 Å². The summed E-state index contributed by atoms with van der Waals surface area (Å²) >= 11 is 0. The molecule has 4 atom stereocenters. The average molecular weight is 555 g/mol. The third-order valence-electron chi connectivity index (χ3n) is 8.31. The predicted molar refractivity (Wildman–Crippen MR) is 161 cm³/mol. The largest absolute Gasteiger partial charge is 0.396 e. The topological polar surface area (TPSA) is 121 Å². The van der Waals surface area contributed by atoms with Gasteiger partial charge >= 0.3 is 0 Å². The van der Waals surface area contributed by atoms with Gasteiger partial charge in [-0.15, -0.1) is 0 Å². The molecule has 1 aromatic rings. The Hall–Kier alpha value is -2.06. The summed E-state index contributed by atoms with van der Waals surface area (Å²) in [6, 6.07) is 7.52. The van der Waals surface area contributed by atoms with Crippen molar-refractivity contribution in [2.75, 3.05) is 13.2 Å². The first-order chi connectivity index (χ1) is 18.9. The summed E-state index contributed by atoms with van der Waals surface area (Å²) in [6.07, 6.45) is 9.87. The molecule has 2 aliphatic carbocycles. The van der Waals surface area contributed by atoms with Crippen molar-refractivity contribution >= 4 is 11.1 Å². The maximum atomic E-state index is 11.4. The first-order valence-corrected chi connectivity index (χ1v) is 14.8. The molecule has 40 heavy (non-hydrogen) atoms. The molecule has 1 aromatic carbocycles. The van der Waals surface area contributed by atoms with Gasteiger partial charge in [0.25, 0.3) is 0 Å². The highest BCUT2D eigenvalue weighted by atomic mass is 16.3. The second-order valence-corrected chi connectivity index (χ2v) is 13.1. The van der Waals surface area contributed by atoms with Crippen LogP contribution in [0.5, 0.6) is 0 Å². The van der Waals surface area contributed by atoms with Crippen LogP contribution in [0.3, 0.4) is 0 Å². The van der Waals surface area contributed by atoms with E-state index in [4.69, 9.17) is 0 Å². The van der Waals surface area contributed by atoms with Crippen molar-refractivity contribution < 1.29 is 30.6 Å². The lowest BCUT2D eigenvalue weighted by molar-refractivity contribution is 0.147. The highest BCUT2D eigenvalue weighted by Gasteiger charge is 2.29. The minimum Gasteiger partial charge on any atom is -0.396 e. The number of hydrogen-bond acceptors (Lipinski definition) is 6. The van der Waals surface area contributed by atoms with Gasteiger partial charge in [-0.2, -0.15) is 0 Å². The summed E-state index contributed by atoms with van der Waals surface area (Å²) in [5.74, 6) is 0. The Bertz CT molecular complexity index is 1020. The number of aliphatic hydroxyl groups is 6. The molecule has 3 rings (SSSR count). The van der Waals surface area contributed by atoms with Crippen LogP contribution in [0.2, 0.25) is 0 Å². The van der Waals surface area contributed by atoms with Crippen molar-refractivity contribution in [1.82, 2.24) is 0 Å². The van der Waals surface area contributed by atoms with Crippen LogP contribution >= 0.6 is 0 Å². The molecule has 0 saturated heterocycles. The van der Waals surface area contributed by atoms with Gasteiger partial charge in [-0.3, -0.25) is 0 Å². The quantitative estimate of drug-likeness (QED) is 0.143. The van der Waals surface area contributed by atoms with Crippen molar-refractivity contribution in [3.63, 3.8) is 0 Å². The molecule has 0 aromatic heterocycles. The zero-order valence-corrected chi connectivity index (χ0v) is 24.7. The Kier molecular flexibility index (Phi) is 11.5. The monoisotopic (exact) mass is 554 g/mol. The van der Waals surface area contributed by atoms with Crippen LogP contribution < -0.4 is 0 Å². The number of hydrogen-bond donors (Lipinski definition) is 6. The zero-order chi connectivity index (χ0) is 29.5. The molecular weight excluding hydrogens is 504 g/mol. The molecule has 6 nitrogen and oxygen atoms in total. The minimum absolute atomic E-state index is 0.133. The van der Waals surface area contributed by atoms with Crippen LogP contribution in [-0.2, 0) is 0 Å². The molecular formula is C34H50O6. The van der Waals surface area contributed by atoms with Gasteiger partial charge in [0.2, 0.25) is 0 Å². The molecule has 222 valence electrons. The van der Waals surface area contributed by atoms with Crippen molar-refractivity contribution in [2.24, 2.45) is 10.8 Å². The lowest BCUT2D eigenvalue weighted by Crippen LogP contribution is -2.24. The van der Waals surface area contributed by atoms with Gasteiger partial charge in [-0.25, -0.2) is 0 Å². The van der Waals surface area contributed by atoms with Crippen molar-refractivity contribution in [3.05, 3.63) is 70.8 Å². The van der Waals surface area contributed by atoms with Gasteiger partial charge < -0.3 is 30.6 Å². The maximum absolute atomic E-state index is 11.4. The van der Waals surface area contributed by atoms with E-state index in [1.165, 1.54) is 0 Å². The third kappa shape index (κ3) is 8.72. The molecule has 0 fully saturated rings. The smallest absolute Gasteiger partial charge is 0.101 e. The van der Waals surface area contributed by atoms with Gasteiger partial charge in [0.05, 0.1) is 12.2 Å². The zero-order valence-electron chi connectivity index (χ0n) is 24.7. The highest BCUT2D eigenvalue weighted by molar-refractivity contribution is 5.86. The predicted octanol–water partition coefficient (Wildman–Crippen LogP) is 4.93.